The van der Waals surface area contributed by atoms with Gasteiger partial charge in [-0.25, -0.2) is 9.67 Å². The Balaban J connectivity index is 1.34. The summed E-state index contributed by atoms with van der Waals surface area (Å²) in [7, 11) is 0. The molecule has 1 aliphatic carbocycles. The standard InChI is InChI=1S/C48H56N4O/c1-9-12-17-35-22-23-49-46(26-35)51-43-19-14-13-18-40(43)41-21-20-38(30-45(41)51)53-39-28-36(31(4)5)27-37(29-39)52-44(16-11-3)48(42(50-52)15-10-2)47-33(7)24-32(6)25-34(47)8/h13-14,18-24,26-30,32,34,47H,4,9-12,15-17,25H2,1-3,5-8H3/t32-,34-,47-/m0/s1. The van der Waals surface area contributed by atoms with E-state index in [4.69, 9.17) is 14.8 Å². The summed E-state index contributed by atoms with van der Waals surface area (Å²) < 4.78 is 11.3. The zero-order chi connectivity index (χ0) is 37.2. The molecule has 0 aliphatic heterocycles. The minimum atomic E-state index is 0.392. The number of aryl methyl sites for hydroxylation is 2. The van der Waals surface area contributed by atoms with Crippen molar-refractivity contribution in [2.24, 2.45) is 11.8 Å². The Morgan fingerprint density at radius 2 is 1.64 bits per heavy atom. The van der Waals surface area contributed by atoms with Crippen LogP contribution in [-0.2, 0) is 19.3 Å². The van der Waals surface area contributed by atoms with Gasteiger partial charge < -0.3 is 4.74 Å². The molecule has 5 nitrogen and oxygen atoms in total. The number of ether oxygens (including phenoxy) is 1. The summed E-state index contributed by atoms with van der Waals surface area (Å²) in [6.45, 7) is 20.3. The number of fused-ring (bicyclic) bond motifs is 3. The van der Waals surface area contributed by atoms with Crippen molar-refractivity contribution in [2.45, 2.75) is 106 Å². The third-order valence-corrected chi connectivity index (χ3v) is 11.1. The normalized spacial score (nSPS) is 17.4. The molecule has 0 N–H and O–H groups in total. The van der Waals surface area contributed by atoms with Gasteiger partial charge in [0.1, 0.15) is 17.3 Å². The number of para-hydroxylation sites is 1. The Labute approximate surface area is 316 Å². The van der Waals surface area contributed by atoms with Crippen LogP contribution in [0, 0.1) is 11.8 Å². The fraction of sp³-hybridized carbons (Fsp3) is 0.375. The van der Waals surface area contributed by atoms with Crippen LogP contribution in [0.5, 0.6) is 11.5 Å². The molecule has 0 radical (unpaired) electrons. The lowest BCUT2D eigenvalue weighted by Crippen LogP contribution is -2.21. The number of hydrogen-bond acceptors (Lipinski definition) is 3. The first-order valence-electron chi connectivity index (χ1n) is 20.0. The number of unbranched alkanes of at least 4 members (excludes halogenated alkanes) is 1. The molecule has 3 aromatic carbocycles. The van der Waals surface area contributed by atoms with Crippen LogP contribution in [0.15, 0.2) is 97.2 Å². The Kier molecular flexibility index (Phi) is 10.7. The number of nitrogens with zero attached hydrogens (tertiary/aromatic N) is 4. The van der Waals surface area contributed by atoms with Crippen LogP contribution >= 0.6 is 0 Å². The maximum Gasteiger partial charge on any atom is 0.137 e. The van der Waals surface area contributed by atoms with Crippen LogP contribution in [0.1, 0.15) is 115 Å². The van der Waals surface area contributed by atoms with Crippen LogP contribution in [0.3, 0.4) is 0 Å². The molecule has 3 aromatic heterocycles. The van der Waals surface area contributed by atoms with Crippen molar-refractivity contribution in [3.05, 3.63) is 125 Å². The molecule has 0 bridgehead atoms. The zero-order valence-electron chi connectivity index (χ0n) is 32.9. The third-order valence-electron chi connectivity index (χ3n) is 11.1. The summed E-state index contributed by atoms with van der Waals surface area (Å²) in [4.78, 5) is 4.87. The lowest BCUT2D eigenvalue weighted by molar-refractivity contribution is 0.389. The van der Waals surface area contributed by atoms with E-state index in [1.165, 1.54) is 51.7 Å². The molecule has 7 rings (SSSR count). The number of rotatable bonds is 13. The van der Waals surface area contributed by atoms with Gasteiger partial charge in [0.25, 0.3) is 0 Å². The molecule has 5 heteroatoms. The van der Waals surface area contributed by atoms with Gasteiger partial charge >= 0.3 is 0 Å². The maximum atomic E-state index is 6.82. The van der Waals surface area contributed by atoms with Crippen LogP contribution < -0.4 is 4.74 Å². The fourth-order valence-corrected chi connectivity index (χ4v) is 8.82. The largest absolute Gasteiger partial charge is 0.457 e. The van der Waals surface area contributed by atoms with E-state index in [0.29, 0.717) is 17.8 Å². The van der Waals surface area contributed by atoms with E-state index in [1.807, 2.05) is 6.20 Å². The first kappa shape index (κ1) is 36.5. The van der Waals surface area contributed by atoms with Gasteiger partial charge in [-0.3, -0.25) is 4.57 Å². The molecular weight excluding hydrogens is 649 g/mol. The number of hydrogen-bond donors (Lipinski definition) is 0. The van der Waals surface area contributed by atoms with Gasteiger partial charge in [0, 0.05) is 46.3 Å². The van der Waals surface area contributed by atoms with Crippen LogP contribution in [0.2, 0.25) is 0 Å². The van der Waals surface area contributed by atoms with Crippen molar-refractivity contribution < 1.29 is 4.74 Å². The van der Waals surface area contributed by atoms with E-state index in [1.54, 1.807) is 0 Å². The van der Waals surface area contributed by atoms with Crippen molar-refractivity contribution in [3.63, 3.8) is 0 Å². The maximum absolute atomic E-state index is 6.82. The van der Waals surface area contributed by atoms with Gasteiger partial charge in [0.15, 0.2) is 0 Å². The number of benzene rings is 3. The highest BCUT2D eigenvalue weighted by Crippen LogP contribution is 2.44. The van der Waals surface area contributed by atoms with Gasteiger partial charge in [-0.05, 0) is 111 Å². The van der Waals surface area contributed by atoms with Crippen molar-refractivity contribution in [1.29, 1.82) is 0 Å². The molecule has 0 saturated heterocycles. The first-order chi connectivity index (χ1) is 25.7. The van der Waals surface area contributed by atoms with Gasteiger partial charge in [-0.1, -0.05) is 95.9 Å². The van der Waals surface area contributed by atoms with Crippen molar-refractivity contribution in [2.75, 3.05) is 0 Å². The summed E-state index contributed by atoms with van der Waals surface area (Å²) in [6, 6.07) is 25.9. The first-order valence-corrected chi connectivity index (χ1v) is 20.0. The molecule has 0 amide bonds. The van der Waals surface area contributed by atoms with E-state index in [9.17, 15) is 0 Å². The summed E-state index contributed by atoms with van der Waals surface area (Å²) in [5, 5.41) is 7.81. The molecule has 1 aliphatic rings. The van der Waals surface area contributed by atoms with E-state index >= 15 is 0 Å². The molecule has 0 saturated carbocycles. The third kappa shape index (κ3) is 7.23. The summed E-state index contributed by atoms with van der Waals surface area (Å²) in [6.07, 6.45) is 13.1. The van der Waals surface area contributed by atoms with Crippen LogP contribution in [-0.4, -0.2) is 19.3 Å². The predicted molar refractivity (Wildman–Crippen MR) is 223 cm³/mol. The van der Waals surface area contributed by atoms with E-state index < -0.39 is 0 Å². The average molecular weight is 705 g/mol. The monoisotopic (exact) mass is 704 g/mol. The smallest absolute Gasteiger partial charge is 0.137 e. The lowest BCUT2D eigenvalue weighted by Gasteiger charge is -2.33. The van der Waals surface area contributed by atoms with Gasteiger partial charge in [0.05, 0.1) is 22.4 Å². The number of aromatic nitrogens is 4. The second kappa shape index (κ2) is 15.6. The average Bonchev–Trinajstić information content (AvgIpc) is 3.65. The molecular formula is C48H56N4O. The van der Waals surface area contributed by atoms with Gasteiger partial charge in [-0.15, -0.1) is 0 Å². The highest BCUT2D eigenvalue weighted by Gasteiger charge is 2.33. The Morgan fingerprint density at radius 3 is 2.40 bits per heavy atom. The lowest BCUT2D eigenvalue weighted by atomic mass is 9.72. The minimum Gasteiger partial charge on any atom is -0.457 e. The van der Waals surface area contributed by atoms with E-state index in [-0.39, 0.29) is 0 Å². The summed E-state index contributed by atoms with van der Waals surface area (Å²) in [5.41, 5.74) is 12.1. The predicted octanol–water partition coefficient (Wildman–Crippen LogP) is 13.1. The molecule has 6 aromatic rings. The second-order valence-electron chi connectivity index (χ2n) is 15.6. The summed E-state index contributed by atoms with van der Waals surface area (Å²) in [5.74, 6) is 4.06. The number of pyridine rings is 1. The highest BCUT2D eigenvalue weighted by atomic mass is 16.5. The van der Waals surface area contributed by atoms with Crippen molar-refractivity contribution >= 4 is 27.4 Å². The van der Waals surface area contributed by atoms with Crippen molar-refractivity contribution in [1.82, 2.24) is 19.3 Å². The zero-order valence-corrected chi connectivity index (χ0v) is 32.9. The van der Waals surface area contributed by atoms with Crippen molar-refractivity contribution in [3.8, 4) is 23.0 Å². The molecule has 3 heterocycles. The molecule has 0 spiro atoms. The quantitative estimate of drug-likeness (QED) is 0.112. The van der Waals surface area contributed by atoms with Gasteiger partial charge in [-0.2, -0.15) is 5.10 Å². The van der Waals surface area contributed by atoms with Gasteiger partial charge in [0.2, 0.25) is 0 Å². The Hall–Kier alpha value is -4.90. The van der Waals surface area contributed by atoms with E-state index in [0.717, 1.165) is 83.7 Å². The number of allylic oxidation sites excluding steroid dienone is 3. The topological polar surface area (TPSA) is 44.9 Å². The Bertz CT molecular complexity index is 2300. The summed E-state index contributed by atoms with van der Waals surface area (Å²) >= 11 is 0. The molecule has 0 unspecified atom stereocenters. The SMILES string of the molecule is C=C(C)c1cc(Oc2ccc3c4ccccc4n(-c4cc(CCCC)ccn4)c3c2)cc(-n2nc(CCC)c([C@H]3C(C)=C[C@H](C)C[C@@H]3C)c2CCC)c1. The van der Waals surface area contributed by atoms with Crippen LogP contribution in [0.4, 0.5) is 0 Å². The fourth-order valence-electron chi connectivity index (χ4n) is 8.82. The molecule has 53 heavy (non-hydrogen) atoms. The minimum absolute atomic E-state index is 0.392. The molecule has 0 fully saturated rings. The van der Waals surface area contributed by atoms with E-state index in [2.05, 4.69) is 143 Å². The molecule has 274 valence electrons. The molecule has 3 atom stereocenters. The highest BCUT2D eigenvalue weighted by molar-refractivity contribution is 6.09. The van der Waals surface area contributed by atoms with Crippen LogP contribution in [0.25, 0.3) is 38.9 Å². The Morgan fingerprint density at radius 1 is 0.849 bits per heavy atom. The second-order valence-corrected chi connectivity index (χ2v) is 15.6.